The third-order valence-electron chi connectivity index (χ3n) is 3.29. The summed E-state index contributed by atoms with van der Waals surface area (Å²) in [4.78, 5) is 13.4. The Balaban J connectivity index is 2.11. The molecule has 0 spiro atoms. The molecule has 98 valence electrons. The molecule has 1 aromatic rings. The van der Waals surface area contributed by atoms with Gasteiger partial charge in [-0.05, 0) is 23.6 Å². The van der Waals surface area contributed by atoms with Gasteiger partial charge >= 0.3 is 5.97 Å². The summed E-state index contributed by atoms with van der Waals surface area (Å²) in [5.74, 6) is -0.843. The molecule has 4 heteroatoms. The average molecular weight is 249 g/mol. The molecule has 1 heterocycles. The van der Waals surface area contributed by atoms with Crippen LogP contribution in [0.15, 0.2) is 18.2 Å². The summed E-state index contributed by atoms with van der Waals surface area (Å²) < 4.78 is 5.31. The molecule has 0 aliphatic carbocycles. The van der Waals surface area contributed by atoms with Crippen molar-refractivity contribution >= 4 is 5.97 Å². The van der Waals surface area contributed by atoms with E-state index in [9.17, 15) is 4.79 Å². The van der Waals surface area contributed by atoms with E-state index in [0.717, 1.165) is 44.8 Å². The van der Waals surface area contributed by atoms with Gasteiger partial charge in [0.2, 0.25) is 0 Å². The van der Waals surface area contributed by atoms with Gasteiger partial charge in [0.1, 0.15) is 0 Å². The number of hydrogen-bond donors (Lipinski definition) is 1. The highest BCUT2D eigenvalue weighted by molar-refractivity contribution is 5.89. The van der Waals surface area contributed by atoms with Gasteiger partial charge < -0.3 is 9.84 Å². The second-order valence-corrected chi connectivity index (χ2v) is 4.54. The first kappa shape index (κ1) is 13.1. The zero-order valence-electron chi connectivity index (χ0n) is 10.7. The fourth-order valence-corrected chi connectivity index (χ4v) is 2.26. The van der Waals surface area contributed by atoms with Gasteiger partial charge in [0.05, 0.1) is 18.8 Å². The van der Waals surface area contributed by atoms with Crippen LogP contribution in [0.2, 0.25) is 0 Å². The molecule has 0 aromatic heterocycles. The van der Waals surface area contributed by atoms with Gasteiger partial charge in [0, 0.05) is 19.6 Å². The maximum absolute atomic E-state index is 11.1. The molecule has 0 unspecified atom stereocenters. The molecule has 0 bridgehead atoms. The van der Waals surface area contributed by atoms with Crippen LogP contribution in [0, 0.1) is 0 Å². The normalized spacial score (nSPS) is 16.7. The third kappa shape index (κ3) is 3.09. The highest BCUT2D eigenvalue weighted by Crippen LogP contribution is 2.15. The lowest BCUT2D eigenvalue weighted by molar-refractivity contribution is 0.0342. The number of morpholine rings is 1. The van der Waals surface area contributed by atoms with E-state index in [0.29, 0.717) is 5.56 Å². The van der Waals surface area contributed by atoms with Crippen molar-refractivity contribution in [2.24, 2.45) is 0 Å². The van der Waals surface area contributed by atoms with Crippen molar-refractivity contribution in [1.29, 1.82) is 0 Å². The van der Waals surface area contributed by atoms with Gasteiger partial charge in [-0.3, -0.25) is 4.90 Å². The third-order valence-corrected chi connectivity index (χ3v) is 3.29. The van der Waals surface area contributed by atoms with Crippen LogP contribution in [-0.2, 0) is 17.7 Å². The number of aryl methyl sites for hydroxylation is 1. The van der Waals surface area contributed by atoms with Gasteiger partial charge in [0.15, 0.2) is 0 Å². The number of ether oxygens (including phenoxy) is 1. The number of carboxylic acids is 1. The van der Waals surface area contributed by atoms with Crippen molar-refractivity contribution in [1.82, 2.24) is 4.90 Å². The first-order valence-electron chi connectivity index (χ1n) is 6.36. The largest absolute Gasteiger partial charge is 0.478 e. The van der Waals surface area contributed by atoms with E-state index in [1.165, 1.54) is 5.56 Å². The van der Waals surface area contributed by atoms with Crippen LogP contribution in [0.4, 0.5) is 0 Å². The monoisotopic (exact) mass is 249 g/mol. The fraction of sp³-hybridized carbons (Fsp3) is 0.500. The Kier molecular flexibility index (Phi) is 4.33. The minimum absolute atomic E-state index is 0.420. The van der Waals surface area contributed by atoms with Crippen LogP contribution in [0.1, 0.15) is 28.4 Å². The summed E-state index contributed by atoms with van der Waals surface area (Å²) in [7, 11) is 0. The lowest BCUT2D eigenvalue weighted by Gasteiger charge is -2.26. The van der Waals surface area contributed by atoms with Crippen molar-refractivity contribution in [3.63, 3.8) is 0 Å². The minimum atomic E-state index is -0.843. The van der Waals surface area contributed by atoms with Gasteiger partial charge in [0.25, 0.3) is 0 Å². The van der Waals surface area contributed by atoms with E-state index < -0.39 is 5.97 Å². The topological polar surface area (TPSA) is 49.8 Å². The maximum atomic E-state index is 11.1. The van der Waals surface area contributed by atoms with Crippen LogP contribution in [-0.4, -0.2) is 42.3 Å². The minimum Gasteiger partial charge on any atom is -0.478 e. The molecule has 1 fully saturated rings. The van der Waals surface area contributed by atoms with E-state index in [1.54, 1.807) is 6.07 Å². The molecule has 2 rings (SSSR count). The Morgan fingerprint density at radius 2 is 2.11 bits per heavy atom. The first-order valence-corrected chi connectivity index (χ1v) is 6.36. The predicted molar refractivity (Wildman–Crippen MR) is 68.9 cm³/mol. The number of carbonyl (C=O) groups is 1. The van der Waals surface area contributed by atoms with E-state index >= 15 is 0 Å². The zero-order valence-corrected chi connectivity index (χ0v) is 10.7. The summed E-state index contributed by atoms with van der Waals surface area (Å²) in [6, 6.07) is 5.65. The molecule has 0 saturated carbocycles. The number of benzene rings is 1. The van der Waals surface area contributed by atoms with Gasteiger partial charge in [-0.1, -0.05) is 19.1 Å². The molecule has 1 N–H and O–H groups in total. The molecule has 0 atom stereocenters. The maximum Gasteiger partial charge on any atom is 0.335 e. The van der Waals surface area contributed by atoms with Crippen LogP contribution in [0.5, 0.6) is 0 Å². The molecule has 4 nitrogen and oxygen atoms in total. The van der Waals surface area contributed by atoms with E-state index in [2.05, 4.69) is 4.90 Å². The van der Waals surface area contributed by atoms with Crippen LogP contribution in [0.25, 0.3) is 0 Å². The molecule has 1 aromatic carbocycles. The van der Waals surface area contributed by atoms with Crippen molar-refractivity contribution in [2.45, 2.75) is 19.9 Å². The standard InChI is InChI=1S/C14H19NO3/c1-2-12-9-11(3-4-13(12)14(16)17)10-15-5-7-18-8-6-15/h3-4,9H,2,5-8,10H2,1H3,(H,16,17). The quantitative estimate of drug-likeness (QED) is 0.883. The Morgan fingerprint density at radius 3 is 2.72 bits per heavy atom. The zero-order chi connectivity index (χ0) is 13.0. The molecule has 18 heavy (non-hydrogen) atoms. The lowest BCUT2D eigenvalue weighted by atomic mass is 10.0. The SMILES string of the molecule is CCc1cc(CN2CCOCC2)ccc1C(=O)O. The van der Waals surface area contributed by atoms with Crippen molar-refractivity contribution < 1.29 is 14.6 Å². The van der Waals surface area contributed by atoms with Crippen LogP contribution in [0.3, 0.4) is 0 Å². The van der Waals surface area contributed by atoms with Gasteiger partial charge in [-0.15, -0.1) is 0 Å². The van der Waals surface area contributed by atoms with Crippen molar-refractivity contribution in [3.05, 3.63) is 34.9 Å². The van der Waals surface area contributed by atoms with Crippen molar-refractivity contribution in [3.8, 4) is 0 Å². The Bertz CT molecular complexity index is 425. The van der Waals surface area contributed by atoms with E-state index in [1.807, 2.05) is 19.1 Å². The molecular formula is C14H19NO3. The Labute approximate surface area is 107 Å². The van der Waals surface area contributed by atoms with E-state index in [-0.39, 0.29) is 0 Å². The average Bonchev–Trinajstić information content (AvgIpc) is 2.39. The lowest BCUT2D eigenvalue weighted by Crippen LogP contribution is -2.35. The summed E-state index contributed by atoms with van der Waals surface area (Å²) in [5, 5.41) is 9.08. The van der Waals surface area contributed by atoms with E-state index in [4.69, 9.17) is 9.84 Å². The molecule has 1 saturated heterocycles. The van der Waals surface area contributed by atoms with Crippen molar-refractivity contribution in [2.75, 3.05) is 26.3 Å². The Hall–Kier alpha value is -1.39. The molecule has 1 aliphatic rings. The number of aromatic carboxylic acids is 1. The Morgan fingerprint density at radius 1 is 1.39 bits per heavy atom. The number of rotatable bonds is 4. The number of carboxylic acid groups (broad SMARTS) is 1. The van der Waals surface area contributed by atoms with Crippen LogP contribution >= 0.6 is 0 Å². The molecule has 0 amide bonds. The summed E-state index contributed by atoms with van der Waals surface area (Å²) >= 11 is 0. The summed E-state index contributed by atoms with van der Waals surface area (Å²) in [6.07, 6.45) is 0.749. The first-order chi connectivity index (χ1) is 8.70. The smallest absolute Gasteiger partial charge is 0.335 e. The molecule has 0 radical (unpaired) electrons. The molecular weight excluding hydrogens is 230 g/mol. The summed E-state index contributed by atoms with van der Waals surface area (Å²) in [5.41, 5.74) is 2.51. The summed E-state index contributed by atoms with van der Waals surface area (Å²) in [6.45, 7) is 6.32. The van der Waals surface area contributed by atoms with Gasteiger partial charge in [-0.25, -0.2) is 4.79 Å². The second kappa shape index (κ2) is 5.98. The number of nitrogens with zero attached hydrogens (tertiary/aromatic N) is 1. The van der Waals surface area contributed by atoms with Crippen LogP contribution < -0.4 is 0 Å². The highest BCUT2D eigenvalue weighted by Gasteiger charge is 2.13. The second-order valence-electron chi connectivity index (χ2n) is 4.54. The fourth-order valence-electron chi connectivity index (χ4n) is 2.26. The molecule has 1 aliphatic heterocycles. The predicted octanol–water partition coefficient (Wildman–Crippen LogP) is 1.78. The highest BCUT2D eigenvalue weighted by atomic mass is 16.5. The number of hydrogen-bond acceptors (Lipinski definition) is 3. The van der Waals surface area contributed by atoms with Gasteiger partial charge in [-0.2, -0.15) is 0 Å².